The smallest absolute Gasteiger partial charge is 0.305 e. The molecule has 4 heteroatoms. The van der Waals surface area contributed by atoms with Crippen LogP contribution in [0.2, 0.25) is 0 Å². The van der Waals surface area contributed by atoms with E-state index in [-0.39, 0.29) is 11.9 Å². The Morgan fingerprint density at radius 2 is 1.27 bits per heavy atom. The molecule has 0 atom stereocenters. The van der Waals surface area contributed by atoms with Crippen molar-refractivity contribution in [1.29, 1.82) is 0 Å². The van der Waals surface area contributed by atoms with Gasteiger partial charge in [0.2, 0.25) is 0 Å². The maximum atomic E-state index is 11.5. The van der Waals surface area contributed by atoms with E-state index in [1.165, 1.54) is 0 Å². The van der Waals surface area contributed by atoms with E-state index in [1.807, 2.05) is 6.92 Å². The van der Waals surface area contributed by atoms with Gasteiger partial charge in [0, 0.05) is 12.8 Å². The van der Waals surface area contributed by atoms with Crippen LogP contribution in [0, 0.1) is 5.92 Å². The summed E-state index contributed by atoms with van der Waals surface area (Å²) in [6.07, 6.45) is 9.27. The molecule has 0 saturated carbocycles. The van der Waals surface area contributed by atoms with E-state index in [9.17, 15) is 9.59 Å². The third-order valence-electron chi connectivity index (χ3n) is 3.51. The monoisotopic (exact) mass is 314 g/mol. The van der Waals surface area contributed by atoms with Gasteiger partial charge in [0.05, 0.1) is 13.2 Å². The lowest BCUT2D eigenvalue weighted by molar-refractivity contribution is -0.144. The molecule has 0 aliphatic rings. The maximum Gasteiger partial charge on any atom is 0.305 e. The van der Waals surface area contributed by atoms with E-state index in [1.54, 1.807) is 0 Å². The van der Waals surface area contributed by atoms with Crippen molar-refractivity contribution in [2.24, 2.45) is 5.92 Å². The van der Waals surface area contributed by atoms with Gasteiger partial charge >= 0.3 is 11.9 Å². The molecule has 0 fully saturated rings. The first kappa shape index (κ1) is 20.9. The second-order valence-electron chi connectivity index (χ2n) is 6.18. The first-order valence-corrected chi connectivity index (χ1v) is 8.87. The van der Waals surface area contributed by atoms with Crippen molar-refractivity contribution in [2.75, 3.05) is 13.2 Å². The van der Waals surface area contributed by atoms with Crippen LogP contribution in [0.4, 0.5) is 0 Å². The van der Waals surface area contributed by atoms with Crippen molar-refractivity contribution >= 4 is 11.9 Å². The molecule has 130 valence electrons. The first-order valence-electron chi connectivity index (χ1n) is 8.87. The SMILES string of the molecule is CCOC(=O)CCCCCCCCC(=O)OCCCC(C)C. The first-order chi connectivity index (χ1) is 10.6. The lowest BCUT2D eigenvalue weighted by Gasteiger charge is -2.06. The molecule has 0 aromatic heterocycles. The molecule has 0 aromatic carbocycles. The van der Waals surface area contributed by atoms with Gasteiger partial charge in [-0.1, -0.05) is 39.5 Å². The zero-order valence-corrected chi connectivity index (χ0v) is 14.7. The van der Waals surface area contributed by atoms with Gasteiger partial charge in [0.15, 0.2) is 0 Å². The number of unbranched alkanes of at least 4 members (excludes halogenated alkanes) is 5. The van der Waals surface area contributed by atoms with Gasteiger partial charge in [-0.25, -0.2) is 0 Å². The molecule has 0 bridgehead atoms. The predicted octanol–water partition coefficient (Wildman–Crippen LogP) is 4.65. The molecule has 0 aliphatic carbocycles. The average Bonchev–Trinajstić information content (AvgIpc) is 2.46. The summed E-state index contributed by atoms with van der Waals surface area (Å²) in [6, 6.07) is 0. The minimum atomic E-state index is -0.0947. The summed E-state index contributed by atoms with van der Waals surface area (Å²) >= 11 is 0. The van der Waals surface area contributed by atoms with Crippen LogP contribution in [-0.4, -0.2) is 25.2 Å². The van der Waals surface area contributed by atoms with Crippen molar-refractivity contribution in [3.05, 3.63) is 0 Å². The molecule has 0 aromatic rings. The molecule has 0 amide bonds. The number of esters is 2. The Balaban J connectivity index is 3.25. The van der Waals surface area contributed by atoms with Crippen LogP contribution in [0.15, 0.2) is 0 Å². The molecule has 0 rings (SSSR count). The third-order valence-corrected chi connectivity index (χ3v) is 3.51. The Morgan fingerprint density at radius 3 is 1.77 bits per heavy atom. The van der Waals surface area contributed by atoms with Crippen molar-refractivity contribution in [1.82, 2.24) is 0 Å². The topological polar surface area (TPSA) is 52.6 Å². The normalized spacial score (nSPS) is 10.7. The Hall–Kier alpha value is -1.06. The predicted molar refractivity (Wildman–Crippen MR) is 88.6 cm³/mol. The molecule has 0 spiro atoms. The molecular formula is C18H34O4. The number of ether oxygens (including phenoxy) is 2. The highest BCUT2D eigenvalue weighted by Gasteiger charge is 2.04. The highest BCUT2D eigenvalue weighted by atomic mass is 16.5. The van der Waals surface area contributed by atoms with E-state index in [0.29, 0.717) is 32.0 Å². The largest absolute Gasteiger partial charge is 0.466 e. The minimum Gasteiger partial charge on any atom is -0.466 e. The lowest BCUT2D eigenvalue weighted by atomic mass is 10.1. The van der Waals surface area contributed by atoms with Crippen LogP contribution in [0.3, 0.4) is 0 Å². The standard InChI is InChI=1S/C18H34O4/c1-4-21-17(19)13-9-7-5-6-8-10-14-18(20)22-15-11-12-16(2)3/h16H,4-15H2,1-3H3. The van der Waals surface area contributed by atoms with Crippen molar-refractivity contribution in [3.63, 3.8) is 0 Å². The fourth-order valence-electron chi connectivity index (χ4n) is 2.23. The van der Waals surface area contributed by atoms with E-state index in [4.69, 9.17) is 9.47 Å². The van der Waals surface area contributed by atoms with Crippen molar-refractivity contribution < 1.29 is 19.1 Å². The van der Waals surface area contributed by atoms with Crippen LogP contribution in [0.5, 0.6) is 0 Å². The molecule has 0 aliphatic heterocycles. The van der Waals surface area contributed by atoms with E-state index in [0.717, 1.165) is 51.4 Å². The van der Waals surface area contributed by atoms with Gasteiger partial charge in [-0.3, -0.25) is 9.59 Å². The van der Waals surface area contributed by atoms with Crippen LogP contribution >= 0.6 is 0 Å². The van der Waals surface area contributed by atoms with Gasteiger partial charge < -0.3 is 9.47 Å². The van der Waals surface area contributed by atoms with Gasteiger partial charge in [-0.05, 0) is 38.5 Å². The summed E-state index contributed by atoms with van der Waals surface area (Å²) < 4.78 is 10.1. The Labute approximate surface area is 135 Å². The number of rotatable bonds is 14. The number of hydrogen-bond donors (Lipinski definition) is 0. The summed E-state index contributed by atoms with van der Waals surface area (Å²) in [5.41, 5.74) is 0. The van der Waals surface area contributed by atoms with Crippen LogP contribution in [-0.2, 0) is 19.1 Å². The van der Waals surface area contributed by atoms with E-state index < -0.39 is 0 Å². The number of hydrogen-bond acceptors (Lipinski definition) is 4. The minimum absolute atomic E-state index is 0.0638. The second kappa shape index (κ2) is 14.9. The van der Waals surface area contributed by atoms with Gasteiger partial charge in [0.25, 0.3) is 0 Å². The average molecular weight is 314 g/mol. The maximum absolute atomic E-state index is 11.5. The molecule has 0 radical (unpaired) electrons. The number of carbonyl (C=O) groups excluding carboxylic acids is 2. The Kier molecular flexibility index (Phi) is 14.1. The molecule has 0 N–H and O–H groups in total. The zero-order valence-electron chi connectivity index (χ0n) is 14.7. The van der Waals surface area contributed by atoms with E-state index >= 15 is 0 Å². The van der Waals surface area contributed by atoms with E-state index in [2.05, 4.69) is 13.8 Å². The fraction of sp³-hybridized carbons (Fsp3) is 0.889. The molecule has 0 heterocycles. The zero-order chi connectivity index (χ0) is 16.6. The van der Waals surface area contributed by atoms with Gasteiger partial charge in [-0.15, -0.1) is 0 Å². The lowest BCUT2D eigenvalue weighted by Crippen LogP contribution is -2.06. The second-order valence-corrected chi connectivity index (χ2v) is 6.18. The van der Waals surface area contributed by atoms with Gasteiger partial charge in [0.1, 0.15) is 0 Å². The summed E-state index contributed by atoms with van der Waals surface area (Å²) in [7, 11) is 0. The summed E-state index contributed by atoms with van der Waals surface area (Å²) in [4.78, 5) is 22.6. The highest BCUT2D eigenvalue weighted by Crippen LogP contribution is 2.10. The Morgan fingerprint density at radius 1 is 0.773 bits per heavy atom. The quantitative estimate of drug-likeness (QED) is 0.346. The molecule has 22 heavy (non-hydrogen) atoms. The summed E-state index contributed by atoms with van der Waals surface area (Å²) in [5.74, 6) is 0.510. The van der Waals surface area contributed by atoms with Crippen molar-refractivity contribution in [3.8, 4) is 0 Å². The van der Waals surface area contributed by atoms with Crippen LogP contribution < -0.4 is 0 Å². The summed E-state index contributed by atoms with van der Waals surface area (Å²) in [5, 5.41) is 0. The third kappa shape index (κ3) is 15.3. The highest BCUT2D eigenvalue weighted by molar-refractivity contribution is 5.69. The molecule has 4 nitrogen and oxygen atoms in total. The molecular weight excluding hydrogens is 280 g/mol. The van der Waals surface area contributed by atoms with Crippen molar-refractivity contribution in [2.45, 2.75) is 85.0 Å². The van der Waals surface area contributed by atoms with Crippen LogP contribution in [0.1, 0.15) is 85.0 Å². The fourth-order valence-corrected chi connectivity index (χ4v) is 2.23. The molecule has 0 saturated heterocycles. The summed E-state index contributed by atoms with van der Waals surface area (Å²) in [6.45, 7) is 7.20. The Bertz CT molecular complexity index is 287. The van der Waals surface area contributed by atoms with Crippen LogP contribution in [0.25, 0.3) is 0 Å². The molecule has 0 unspecified atom stereocenters. The van der Waals surface area contributed by atoms with Gasteiger partial charge in [-0.2, -0.15) is 0 Å². The number of carbonyl (C=O) groups is 2.